The average Bonchev–Trinajstić information content (AvgIpc) is 2.79. The van der Waals surface area contributed by atoms with Crippen LogP contribution in [-0.4, -0.2) is 33.6 Å². The van der Waals surface area contributed by atoms with Gasteiger partial charge in [0.2, 0.25) is 11.8 Å². The Morgan fingerprint density at radius 1 is 1.24 bits per heavy atom. The largest absolute Gasteiger partial charge is 0.481 e. The number of aromatic nitrogens is 3. The quantitative estimate of drug-likeness (QED) is 0.811. The van der Waals surface area contributed by atoms with Crippen LogP contribution in [0.1, 0.15) is 45.5 Å². The number of nitrogens with zero attached hydrogens (tertiary/aromatic N) is 3. The van der Waals surface area contributed by atoms with Crippen LogP contribution in [0.3, 0.4) is 0 Å². The lowest BCUT2D eigenvalue weighted by molar-refractivity contribution is -0.122. The van der Waals surface area contributed by atoms with E-state index in [4.69, 9.17) is 4.74 Å². The zero-order valence-corrected chi connectivity index (χ0v) is 15.6. The maximum Gasteiger partial charge on any atom is 0.242 e. The molecule has 0 aliphatic carbocycles. The van der Waals surface area contributed by atoms with Crippen LogP contribution in [0.15, 0.2) is 6.07 Å². The summed E-state index contributed by atoms with van der Waals surface area (Å²) in [4.78, 5) is 28.3. The number of carbonyl (C=O) groups excluding carboxylic acids is 2. The molecule has 0 atom stereocenters. The number of amides is 1. The van der Waals surface area contributed by atoms with Crippen LogP contribution < -0.4 is 10.1 Å². The van der Waals surface area contributed by atoms with Crippen molar-refractivity contribution in [1.82, 2.24) is 20.1 Å². The Bertz CT molecular complexity index is 824. The maximum absolute atomic E-state index is 12.3. The number of hydrogen-bond acceptors (Lipinski definition) is 5. The fraction of sp³-hybridized carbons (Fsp3) is 0.444. The second kappa shape index (κ2) is 7.46. The van der Waals surface area contributed by atoms with Crippen molar-refractivity contribution in [1.29, 1.82) is 0 Å². The molecule has 1 amide bonds. The molecule has 2 aromatic heterocycles. The standard InChI is InChI=1S/C18H24N4O3/c1-10-7-11(2)20-18(25-6)15(10)8-19-16(24)9-22-13(4)17(14(5)23)12(3)21-22/h7H,8-9H2,1-6H3,(H,19,24). The first-order valence-corrected chi connectivity index (χ1v) is 8.07. The van der Waals surface area contributed by atoms with Crippen LogP contribution in [0.25, 0.3) is 0 Å². The first-order chi connectivity index (χ1) is 11.7. The van der Waals surface area contributed by atoms with E-state index < -0.39 is 0 Å². The summed E-state index contributed by atoms with van der Waals surface area (Å²) in [7, 11) is 1.56. The number of aryl methyl sites for hydroxylation is 3. The summed E-state index contributed by atoms with van der Waals surface area (Å²) in [5, 5.41) is 7.15. The van der Waals surface area contributed by atoms with Crippen molar-refractivity contribution in [3.63, 3.8) is 0 Å². The Morgan fingerprint density at radius 2 is 1.92 bits per heavy atom. The number of ether oxygens (including phenoxy) is 1. The minimum absolute atomic E-state index is 0.0484. The van der Waals surface area contributed by atoms with Crippen molar-refractivity contribution < 1.29 is 14.3 Å². The number of nitrogens with one attached hydrogen (secondary N) is 1. The molecule has 2 aromatic rings. The van der Waals surface area contributed by atoms with Gasteiger partial charge in [-0.2, -0.15) is 5.10 Å². The van der Waals surface area contributed by atoms with E-state index in [1.807, 2.05) is 19.9 Å². The second-order valence-corrected chi connectivity index (χ2v) is 6.10. The van der Waals surface area contributed by atoms with Crippen molar-refractivity contribution in [2.45, 2.75) is 47.7 Å². The first kappa shape index (κ1) is 18.6. The highest BCUT2D eigenvalue weighted by Gasteiger charge is 2.17. The average molecular weight is 344 g/mol. The highest BCUT2D eigenvalue weighted by molar-refractivity contribution is 5.96. The number of hydrogen-bond donors (Lipinski definition) is 1. The summed E-state index contributed by atoms with van der Waals surface area (Å²) < 4.78 is 6.86. The van der Waals surface area contributed by atoms with Gasteiger partial charge in [-0.15, -0.1) is 0 Å². The second-order valence-electron chi connectivity index (χ2n) is 6.10. The van der Waals surface area contributed by atoms with Gasteiger partial charge in [-0.3, -0.25) is 14.3 Å². The lowest BCUT2D eigenvalue weighted by atomic mass is 10.1. The molecule has 7 nitrogen and oxygen atoms in total. The molecule has 7 heteroatoms. The van der Waals surface area contributed by atoms with E-state index in [0.29, 0.717) is 29.4 Å². The third-order valence-electron chi connectivity index (χ3n) is 4.12. The number of carbonyl (C=O) groups is 2. The molecule has 2 rings (SSSR count). The van der Waals surface area contributed by atoms with Gasteiger partial charge in [-0.1, -0.05) is 0 Å². The molecule has 0 radical (unpaired) electrons. The Labute approximate surface area is 147 Å². The minimum Gasteiger partial charge on any atom is -0.481 e. The van der Waals surface area contributed by atoms with Gasteiger partial charge in [-0.25, -0.2) is 4.98 Å². The minimum atomic E-state index is -0.192. The highest BCUT2D eigenvalue weighted by Crippen LogP contribution is 2.20. The molecule has 25 heavy (non-hydrogen) atoms. The number of Topliss-reactive ketones (excluding diaryl/α,β-unsaturated/α-hetero) is 1. The van der Waals surface area contributed by atoms with Crippen molar-refractivity contribution in [2.75, 3.05) is 7.11 Å². The molecule has 0 saturated carbocycles. The summed E-state index contributed by atoms with van der Waals surface area (Å²) in [6, 6.07) is 1.95. The van der Waals surface area contributed by atoms with Crippen LogP contribution in [0.5, 0.6) is 5.88 Å². The predicted molar refractivity (Wildman–Crippen MR) is 93.8 cm³/mol. The molecule has 134 valence electrons. The lowest BCUT2D eigenvalue weighted by Gasteiger charge is -2.13. The molecule has 0 fully saturated rings. The number of ketones is 1. The van der Waals surface area contributed by atoms with Crippen LogP contribution in [-0.2, 0) is 17.9 Å². The fourth-order valence-electron chi connectivity index (χ4n) is 2.95. The molecule has 0 unspecified atom stereocenters. The van der Waals surface area contributed by atoms with Gasteiger partial charge in [0.05, 0.1) is 18.4 Å². The summed E-state index contributed by atoms with van der Waals surface area (Å²) in [5.41, 5.74) is 4.63. The third kappa shape index (κ3) is 4.04. The van der Waals surface area contributed by atoms with Gasteiger partial charge < -0.3 is 10.1 Å². The van der Waals surface area contributed by atoms with Crippen LogP contribution in [0.2, 0.25) is 0 Å². The van der Waals surface area contributed by atoms with E-state index in [-0.39, 0.29) is 18.2 Å². The van der Waals surface area contributed by atoms with E-state index in [0.717, 1.165) is 16.8 Å². The first-order valence-electron chi connectivity index (χ1n) is 8.07. The summed E-state index contributed by atoms with van der Waals surface area (Å²) in [6.45, 7) is 9.29. The zero-order valence-electron chi connectivity index (χ0n) is 15.6. The van der Waals surface area contributed by atoms with Crippen molar-refractivity contribution in [3.8, 4) is 5.88 Å². The molecule has 2 heterocycles. The molecule has 0 saturated heterocycles. The molecule has 1 N–H and O–H groups in total. The number of methoxy groups -OCH3 is 1. The Kier molecular flexibility index (Phi) is 5.56. The van der Waals surface area contributed by atoms with E-state index in [9.17, 15) is 9.59 Å². The molecule has 0 aliphatic rings. The number of rotatable bonds is 6. The van der Waals surface area contributed by atoms with Crippen molar-refractivity contribution in [2.24, 2.45) is 0 Å². The highest BCUT2D eigenvalue weighted by atomic mass is 16.5. The van der Waals surface area contributed by atoms with Crippen molar-refractivity contribution in [3.05, 3.63) is 39.8 Å². The summed E-state index contributed by atoms with van der Waals surface area (Å²) >= 11 is 0. The smallest absolute Gasteiger partial charge is 0.242 e. The predicted octanol–water partition coefficient (Wildman–Crippen LogP) is 2.04. The van der Waals surface area contributed by atoms with Gasteiger partial charge in [0.15, 0.2) is 5.78 Å². The molecule has 0 aromatic carbocycles. The maximum atomic E-state index is 12.3. The summed E-state index contributed by atoms with van der Waals surface area (Å²) in [5.74, 6) is 0.276. The molecule has 0 aliphatic heterocycles. The van der Waals surface area contributed by atoms with Gasteiger partial charge in [0.25, 0.3) is 0 Å². The Balaban J connectivity index is 2.10. The molecule has 0 spiro atoms. The Hall–Kier alpha value is -2.70. The summed E-state index contributed by atoms with van der Waals surface area (Å²) in [6.07, 6.45) is 0. The van der Waals surface area contributed by atoms with Gasteiger partial charge in [0.1, 0.15) is 6.54 Å². The van der Waals surface area contributed by atoms with Gasteiger partial charge >= 0.3 is 0 Å². The van der Waals surface area contributed by atoms with Crippen LogP contribution in [0.4, 0.5) is 0 Å². The lowest BCUT2D eigenvalue weighted by Crippen LogP contribution is -2.28. The fourth-order valence-corrected chi connectivity index (χ4v) is 2.95. The zero-order chi connectivity index (χ0) is 18.7. The van der Waals surface area contributed by atoms with E-state index in [1.165, 1.54) is 6.92 Å². The molecule has 0 bridgehead atoms. The van der Waals surface area contributed by atoms with E-state index in [2.05, 4.69) is 15.4 Å². The topological polar surface area (TPSA) is 86.1 Å². The number of pyridine rings is 1. The van der Waals surface area contributed by atoms with E-state index in [1.54, 1.807) is 25.6 Å². The van der Waals surface area contributed by atoms with Gasteiger partial charge in [0, 0.05) is 23.5 Å². The van der Waals surface area contributed by atoms with Crippen LogP contribution in [0, 0.1) is 27.7 Å². The SMILES string of the molecule is COc1nc(C)cc(C)c1CNC(=O)Cn1nc(C)c(C(C)=O)c1C. The Morgan fingerprint density at radius 3 is 2.48 bits per heavy atom. The third-order valence-corrected chi connectivity index (χ3v) is 4.12. The monoisotopic (exact) mass is 344 g/mol. The normalized spacial score (nSPS) is 10.6. The van der Waals surface area contributed by atoms with E-state index >= 15 is 0 Å². The molecular weight excluding hydrogens is 320 g/mol. The van der Waals surface area contributed by atoms with Gasteiger partial charge in [-0.05, 0) is 46.2 Å². The molecular formula is C18H24N4O3. The van der Waals surface area contributed by atoms with Crippen LogP contribution >= 0.6 is 0 Å². The van der Waals surface area contributed by atoms with Crippen molar-refractivity contribution >= 4 is 11.7 Å².